The van der Waals surface area contributed by atoms with Crippen molar-refractivity contribution >= 4 is 40.3 Å². The lowest BCUT2D eigenvalue weighted by atomic mass is 10.1. The maximum atomic E-state index is 11.3. The van der Waals surface area contributed by atoms with Crippen molar-refractivity contribution in [2.45, 2.75) is 11.4 Å². The van der Waals surface area contributed by atoms with Crippen LogP contribution in [-0.4, -0.2) is 58.3 Å². The molecule has 1 fully saturated rings. The number of nitro groups is 1. The average molecular weight is 446 g/mol. The first kappa shape index (κ1) is 20.6. The third-order valence-corrected chi connectivity index (χ3v) is 6.53. The van der Waals surface area contributed by atoms with Crippen LogP contribution in [0.1, 0.15) is 15.9 Å². The molecule has 156 valence electrons. The lowest BCUT2D eigenvalue weighted by Gasteiger charge is -2.36. The van der Waals surface area contributed by atoms with Crippen molar-refractivity contribution in [2.75, 3.05) is 33.0 Å². The number of thiocarbonyl (C=S) groups is 1. The van der Waals surface area contributed by atoms with Gasteiger partial charge in [-0.3, -0.25) is 19.8 Å². The molecule has 0 unspecified atom stereocenters. The summed E-state index contributed by atoms with van der Waals surface area (Å²) in [5.41, 5.74) is 1.34. The zero-order valence-corrected chi connectivity index (χ0v) is 17.6. The summed E-state index contributed by atoms with van der Waals surface area (Å²) in [5, 5.41) is 10.9. The third-order valence-electron chi connectivity index (χ3n) is 5.00. The van der Waals surface area contributed by atoms with E-state index >= 15 is 0 Å². The highest BCUT2D eigenvalue weighted by Gasteiger charge is 2.22. The van der Waals surface area contributed by atoms with Crippen LogP contribution >= 0.6 is 24.0 Å². The number of benzene rings is 2. The molecular formula is C20H19N3O5S2. The van der Waals surface area contributed by atoms with Gasteiger partial charge in [0.05, 0.1) is 4.92 Å². The van der Waals surface area contributed by atoms with E-state index in [0.29, 0.717) is 15.5 Å². The van der Waals surface area contributed by atoms with E-state index < -0.39 is 4.92 Å². The largest absolute Gasteiger partial charge is 0.454 e. The van der Waals surface area contributed by atoms with Gasteiger partial charge in [0.2, 0.25) is 6.79 Å². The first-order valence-electron chi connectivity index (χ1n) is 9.35. The van der Waals surface area contributed by atoms with E-state index in [1.165, 1.54) is 29.5 Å². The second-order valence-corrected chi connectivity index (χ2v) is 8.59. The molecule has 2 aliphatic rings. The van der Waals surface area contributed by atoms with Gasteiger partial charge in [0.1, 0.15) is 4.32 Å². The number of fused-ring (bicyclic) bond motifs is 1. The number of hydrogen-bond acceptors (Lipinski definition) is 8. The molecule has 0 spiro atoms. The highest BCUT2D eigenvalue weighted by Crippen LogP contribution is 2.33. The SMILES string of the molecule is O=Cc1cc([N+](=O)[O-])ccc1SC(=S)N1CCN(Cc2ccc3c(c2)OCO3)CC1. The monoisotopic (exact) mass is 445 g/mol. The Morgan fingerprint density at radius 1 is 1.13 bits per heavy atom. The van der Waals surface area contributed by atoms with E-state index in [1.807, 2.05) is 12.1 Å². The molecule has 30 heavy (non-hydrogen) atoms. The number of carbonyl (C=O) groups is 1. The second-order valence-electron chi connectivity index (χ2n) is 6.92. The van der Waals surface area contributed by atoms with Crippen molar-refractivity contribution in [1.82, 2.24) is 9.80 Å². The smallest absolute Gasteiger partial charge is 0.270 e. The van der Waals surface area contributed by atoms with E-state index in [0.717, 1.165) is 44.2 Å². The van der Waals surface area contributed by atoms with Gasteiger partial charge in [0.15, 0.2) is 17.8 Å². The van der Waals surface area contributed by atoms with Gasteiger partial charge in [-0.25, -0.2) is 0 Å². The maximum absolute atomic E-state index is 11.3. The van der Waals surface area contributed by atoms with Crippen molar-refractivity contribution in [1.29, 1.82) is 0 Å². The van der Waals surface area contributed by atoms with E-state index in [-0.39, 0.29) is 18.0 Å². The van der Waals surface area contributed by atoms with Crippen LogP contribution in [-0.2, 0) is 6.54 Å². The molecular weight excluding hydrogens is 426 g/mol. The molecule has 8 nitrogen and oxygen atoms in total. The van der Waals surface area contributed by atoms with Crippen LogP contribution in [0.25, 0.3) is 0 Å². The topological polar surface area (TPSA) is 85.2 Å². The summed E-state index contributed by atoms with van der Waals surface area (Å²) in [5.74, 6) is 1.57. The Kier molecular flexibility index (Phi) is 6.16. The number of carbonyl (C=O) groups excluding carboxylic acids is 1. The molecule has 0 bridgehead atoms. The number of aldehydes is 1. The van der Waals surface area contributed by atoms with Crippen molar-refractivity contribution < 1.29 is 19.2 Å². The van der Waals surface area contributed by atoms with E-state index in [1.54, 1.807) is 6.07 Å². The van der Waals surface area contributed by atoms with Crippen LogP contribution in [0.15, 0.2) is 41.3 Å². The molecule has 0 radical (unpaired) electrons. The van der Waals surface area contributed by atoms with E-state index in [2.05, 4.69) is 15.9 Å². The molecule has 2 aromatic carbocycles. The number of nitrogens with zero attached hydrogens (tertiary/aromatic N) is 3. The van der Waals surface area contributed by atoms with Crippen molar-refractivity contribution in [3.8, 4) is 11.5 Å². The Morgan fingerprint density at radius 2 is 1.90 bits per heavy atom. The Bertz CT molecular complexity index is 992. The standard InChI is InChI=1S/C20H19N3O5S2/c24-12-15-10-16(23(25)26)2-4-19(15)30-20(29)22-7-5-21(6-8-22)11-14-1-3-17-18(9-14)28-13-27-17/h1-4,9-10,12H,5-8,11,13H2. The van der Waals surface area contributed by atoms with Crippen LogP contribution in [0.4, 0.5) is 5.69 Å². The minimum Gasteiger partial charge on any atom is -0.454 e. The van der Waals surface area contributed by atoms with Gasteiger partial charge < -0.3 is 14.4 Å². The van der Waals surface area contributed by atoms with Gasteiger partial charge in [-0.2, -0.15) is 0 Å². The van der Waals surface area contributed by atoms with E-state index in [4.69, 9.17) is 21.7 Å². The normalized spacial score (nSPS) is 15.8. The first-order chi connectivity index (χ1) is 14.5. The predicted octanol–water partition coefficient (Wildman–Crippen LogP) is 3.33. The number of ether oxygens (including phenoxy) is 2. The number of rotatable bonds is 5. The van der Waals surface area contributed by atoms with E-state index in [9.17, 15) is 14.9 Å². The minimum absolute atomic E-state index is 0.107. The molecule has 2 heterocycles. The van der Waals surface area contributed by atoms with Crippen molar-refractivity contribution in [2.24, 2.45) is 0 Å². The molecule has 1 saturated heterocycles. The molecule has 0 aliphatic carbocycles. The number of nitro benzene ring substituents is 1. The number of piperazine rings is 1. The number of non-ortho nitro benzene ring substituents is 1. The maximum Gasteiger partial charge on any atom is 0.270 e. The predicted molar refractivity (Wildman–Crippen MR) is 116 cm³/mol. The molecule has 0 atom stereocenters. The van der Waals surface area contributed by atoms with Crippen LogP contribution < -0.4 is 9.47 Å². The van der Waals surface area contributed by atoms with Gasteiger partial charge in [-0.05, 0) is 23.8 Å². The van der Waals surface area contributed by atoms with Gasteiger partial charge in [-0.1, -0.05) is 30.0 Å². The summed E-state index contributed by atoms with van der Waals surface area (Å²) in [6, 6.07) is 10.3. The van der Waals surface area contributed by atoms with Gasteiger partial charge in [-0.15, -0.1) is 0 Å². The van der Waals surface area contributed by atoms with Crippen molar-refractivity contribution in [3.05, 3.63) is 57.6 Å². The van der Waals surface area contributed by atoms with Crippen LogP contribution in [0.2, 0.25) is 0 Å². The molecule has 0 amide bonds. The van der Waals surface area contributed by atoms with Gasteiger partial charge >= 0.3 is 0 Å². The molecule has 10 heteroatoms. The van der Waals surface area contributed by atoms with Crippen molar-refractivity contribution in [3.63, 3.8) is 0 Å². The molecule has 0 aromatic heterocycles. The van der Waals surface area contributed by atoms with Crippen LogP contribution in [0, 0.1) is 10.1 Å². The van der Waals surface area contributed by atoms with Crippen LogP contribution in [0.3, 0.4) is 0 Å². The lowest BCUT2D eigenvalue weighted by Crippen LogP contribution is -2.47. The summed E-state index contributed by atoms with van der Waals surface area (Å²) in [7, 11) is 0. The molecule has 2 aromatic rings. The summed E-state index contributed by atoms with van der Waals surface area (Å²) < 4.78 is 11.5. The Balaban J connectivity index is 1.32. The average Bonchev–Trinajstić information content (AvgIpc) is 3.22. The highest BCUT2D eigenvalue weighted by molar-refractivity contribution is 8.23. The lowest BCUT2D eigenvalue weighted by molar-refractivity contribution is -0.384. The third kappa shape index (κ3) is 4.55. The first-order valence-corrected chi connectivity index (χ1v) is 10.6. The fourth-order valence-corrected chi connectivity index (χ4v) is 4.69. The highest BCUT2D eigenvalue weighted by atomic mass is 32.2. The Labute approximate surface area is 182 Å². The number of thioether (sulfide) groups is 1. The molecule has 0 saturated carbocycles. The molecule has 2 aliphatic heterocycles. The van der Waals surface area contributed by atoms with Gasteiger partial charge in [0, 0.05) is 55.3 Å². The second kappa shape index (κ2) is 8.99. The summed E-state index contributed by atoms with van der Waals surface area (Å²) in [6.45, 7) is 4.36. The fraction of sp³-hybridized carbons (Fsp3) is 0.300. The quantitative estimate of drug-likeness (QED) is 0.226. The zero-order chi connectivity index (χ0) is 21.1. The summed E-state index contributed by atoms with van der Waals surface area (Å²) in [6.07, 6.45) is 0.626. The zero-order valence-electron chi connectivity index (χ0n) is 16.0. The Morgan fingerprint density at radius 3 is 2.63 bits per heavy atom. The minimum atomic E-state index is -0.515. The van der Waals surface area contributed by atoms with Gasteiger partial charge in [0.25, 0.3) is 5.69 Å². The Hall–Kier alpha value is -2.69. The fourth-order valence-electron chi connectivity index (χ4n) is 3.38. The summed E-state index contributed by atoms with van der Waals surface area (Å²) in [4.78, 5) is 26.8. The number of hydrogen-bond donors (Lipinski definition) is 0. The molecule has 4 rings (SSSR count). The summed E-state index contributed by atoms with van der Waals surface area (Å²) >= 11 is 6.86. The molecule has 0 N–H and O–H groups in total. The van der Waals surface area contributed by atoms with Crippen LogP contribution in [0.5, 0.6) is 11.5 Å².